The molecular weight excluding hydrogens is 247 g/mol. The molecule has 0 atom stereocenters. The first-order valence-electron chi connectivity index (χ1n) is 4.53. The summed E-state index contributed by atoms with van der Waals surface area (Å²) in [7, 11) is 1.62. The molecular formula is C11H8Cl2N2O. The van der Waals surface area contributed by atoms with Gasteiger partial charge in [0.25, 0.3) is 0 Å². The predicted molar refractivity (Wildman–Crippen MR) is 64.0 cm³/mol. The van der Waals surface area contributed by atoms with E-state index in [1.165, 1.54) is 0 Å². The highest BCUT2D eigenvalue weighted by atomic mass is 35.5. The Hall–Kier alpha value is -1.32. The number of aromatic nitrogens is 2. The minimum Gasteiger partial charge on any atom is -0.497 e. The van der Waals surface area contributed by atoms with Crippen LogP contribution in [0.4, 0.5) is 0 Å². The number of rotatable bonds is 2. The van der Waals surface area contributed by atoms with Gasteiger partial charge in [0.05, 0.1) is 12.8 Å². The zero-order valence-electron chi connectivity index (χ0n) is 8.45. The van der Waals surface area contributed by atoms with E-state index in [1.54, 1.807) is 13.2 Å². The van der Waals surface area contributed by atoms with Crippen LogP contribution in [0.2, 0.25) is 10.4 Å². The van der Waals surface area contributed by atoms with Gasteiger partial charge in [-0.2, -0.15) is 0 Å². The third kappa shape index (κ3) is 2.43. The Morgan fingerprint density at radius 3 is 2.31 bits per heavy atom. The Bertz CT molecular complexity index is 480. The van der Waals surface area contributed by atoms with Gasteiger partial charge in [0, 0.05) is 11.6 Å². The summed E-state index contributed by atoms with van der Waals surface area (Å²) in [5, 5.41) is 0.462. The molecule has 2 rings (SSSR count). The van der Waals surface area contributed by atoms with Gasteiger partial charge in [-0.15, -0.1) is 0 Å². The Balaban J connectivity index is 2.42. The van der Waals surface area contributed by atoms with Gasteiger partial charge < -0.3 is 4.74 Å². The fourth-order valence-corrected chi connectivity index (χ4v) is 1.71. The third-order valence-electron chi connectivity index (χ3n) is 2.05. The van der Waals surface area contributed by atoms with Gasteiger partial charge in [0.1, 0.15) is 10.9 Å². The van der Waals surface area contributed by atoms with Crippen LogP contribution in [0.25, 0.3) is 11.3 Å². The van der Waals surface area contributed by atoms with Crippen LogP contribution >= 0.6 is 23.2 Å². The summed E-state index contributed by atoms with van der Waals surface area (Å²) in [5.41, 5.74) is 1.60. The summed E-state index contributed by atoms with van der Waals surface area (Å²) in [6.07, 6.45) is 0. The maximum Gasteiger partial charge on any atom is 0.224 e. The first kappa shape index (κ1) is 11.2. The van der Waals surface area contributed by atoms with Crippen molar-refractivity contribution in [3.63, 3.8) is 0 Å². The molecule has 0 aliphatic rings. The van der Waals surface area contributed by atoms with Gasteiger partial charge in [0.15, 0.2) is 0 Å². The van der Waals surface area contributed by atoms with Crippen molar-refractivity contribution in [3.05, 3.63) is 40.8 Å². The molecule has 0 radical (unpaired) electrons. The zero-order chi connectivity index (χ0) is 11.5. The van der Waals surface area contributed by atoms with Crippen molar-refractivity contribution in [1.82, 2.24) is 9.97 Å². The summed E-state index contributed by atoms with van der Waals surface area (Å²) >= 11 is 11.5. The van der Waals surface area contributed by atoms with Crippen LogP contribution < -0.4 is 4.74 Å². The van der Waals surface area contributed by atoms with Crippen LogP contribution in [0.3, 0.4) is 0 Å². The van der Waals surface area contributed by atoms with Gasteiger partial charge in [-0.3, -0.25) is 0 Å². The molecule has 0 aliphatic heterocycles. The number of ether oxygens (including phenoxy) is 1. The summed E-state index contributed by atoms with van der Waals surface area (Å²) in [6, 6.07) is 9.12. The van der Waals surface area contributed by atoms with E-state index in [0.29, 0.717) is 10.8 Å². The van der Waals surface area contributed by atoms with E-state index in [0.717, 1.165) is 11.3 Å². The van der Waals surface area contributed by atoms with Gasteiger partial charge >= 0.3 is 0 Å². The van der Waals surface area contributed by atoms with Crippen molar-refractivity contribution in [2.24, 2.45) is 0 Å². The van der Waals surface area contributed by atoms with E-state index in [4.69, 9.17) is 27.9 Å². The maximum atomic E-state index is 5.80. The van der Waals surface area contributed by atoms with Crippen LogP contribution in [-0.2, 0) is 0 Å². The van der Waals surface area contributed by atoms with Crippen molar-refractivity contribution in [1.29, 1.82) is 0 Å². The molecule has 0 N–H and O–H groups in total. The maximum absolute atomic E-state index is 5.80. The molecule has 0 unspecified atom stereocenters. The normalized spacial score (nSPS) is 10.2. The summed E-state index contributed by atoms with van der Waals surface area (Å²) in [5.74, 6) is 0.787. The molecule has 0 saturated heterocycles. The second-order valence-electron chi connectivity index (χ2n) is 3.07. The van der Waals surface area contributed by atoms with Crippen molar-refractivity contribution in [2.45, 2.75) is 0 Å². The van der Waals surface area contributed by atoms with Gasteiger partial charge in [0.2, 0.25) is 5.28 Å². The fraction of sp³-hybridized carbons (Fsp3) is 0.0909. The second-order valence-corrected chi connectivity index (χ2v) is 3.80. The summed E-state index contributed by atoms with van der Waals surface area (Å²) in [6.45, 7) is 0. The molecule has 0 aliphatic carbocycles. The van der Waals surface area contributed by atoms with Gasteiger partial charge in [-0.1, -0.05) is 11.6 Å². The second kappa shape index (κ2) is 4.68. The Morgan fingerprint density at radius 1 is 1.06 bits per heavy atom. The highest BCUT2D eigenvalue weighted by molar-refractivity contribution is 6.32. The summed E-state index contributed by atoms with van der Waals surface area (Å²) in [4.78, 5) is 7.88. The van der Waals surface area contributed by atoms with Gasteiger partial charge in [-0.05, 0) is 35.9 Å². The topological polar surface area (TPSA) is 35.0 Å². The highest BCUT2D eigenvalue weighted by Gasteiger charge is 2.04. The number of hydrogen-bond acceptors (Lipinski definition) is 3. The van der Waals surface area contributed by atoms with E-state index in [1.807, 2.05) is 24.3 Å². The number of nitrogens with zero attached hydrogens (tertiary/aromatic N) is 2. The molecule has 16 heavy (non-hydrogen) atoms. The predicted octanol–water partition coefficient (Wildman–Crippen LogP) is 3.46. The standard InChI is InChI=1S/C11H8Cl2N2O/c1-16-8-4-2-7(3-5-8)9-6-10(12)15-11(13)14-9/h2-6H,1H3. The van der Waals surface area contributed by atoms with Crippen molar-refractivity contribution in [3.8, 4) is 17.0 Å². The monoisotopic (exact) mass is 254 g/mol. The van der Waals surface area contributed by atoms with Crippen LogP contribution in [0.1, 0.15) is 0 Å². The van der Waals surface area contributed by atoms with E-state index >= 15 is 0 Å². The lowest BCUT2D eigenvalue weighted by Crippen LogP contribution is -1.88. The molecule has 0 fully saturated rings. The van der Waals surface area contributed by atoms with E-state index in [2.05, 4.69) is 9.97 Å². The molecule has 3 nitrogen and oxygen atoms in total. The van der Waals surface area contributed by atoms with Crippen molar-refractivity contribution < 1.29 is 4.74 Å². The zero-order valence-corrected chi connectivity index (χ0v) is 9.96. The fourth-order valence-electron chi connectivity index (χ4n) is 1.30. The molecule has 1 heterocycles. The van der Waals surface area contributed by atoms with Crippen LogP contribution in [0.5, 0.6) is 5.75 Å². The van der Waals surface area contributed by atoms with Crippen molar-refractivity contribution >= 4 is 23.2 Å². The minimum atomic E-state index is 0.137. The Morgan fingerprint density at radius 2 is 1.75 bits per heavy atom. The third-order valence-corrected chi connectivity index (χ3v) is 2.42. The smallest absolute Gasteiger partial charge is 0.224 e. The number of halogens is 2. The van der Waals surface area contributed by atoms with Crippen LogP contribution in [0.15, 0.2) is 30.3 Å². The minimum absolute atomic E-state index is 0.137. The first-order valence-corrected chi connectivity index (χ1v) is 5.29. The van der Waals surface area contributed by atoms with Crippen LogP contribution in [0, 0.1) is 0 Å². The lowest BCUT2D eigenvalue weighted by atomic mass is 10.1. The number of hydrogen-bond donors (Lipinski definition) is 0. The number of methoxy groups -OCH3 is 1. The largest absolute Gasteiger partial charge is 0.497 e. The lowest BCUT2D eigenvalue weighted by Gasteiger charge is -2.03. The van der Waals surface area contributed by atoms with E-state index in [9.17, 15) is 0 Å². The Labute approximate surface area is 103 Å². The average molecular weight is 255 g/mol. The molecule has 0 spiro atoms. The van der Waals surface area contributed by atoms with Gasteiger partial charge in [-0.25, -0.2) is 9.97 Å². The highest BCUT2D eigenvalue weighted by Crippen LogP contribution is 2.23. The molecule has 2 aromatic rings. The Kier molecular flexibility index (Phi) is 3.27. The SMILES string of the molecule is COc1ccc(-c2cc(Cl)nc(Cl)n2)cc1. The first-order chi connectivity index (χ1) is 7.69. The molecule has 1 aromatic heterocycles. The quantitative estimate of drug-likeness (QED) is 0.608. The molecule has 0 amide bonds. The summed E-state index contributed by atoms with van der Waals surface area (Å²) < 4.78 is 5.07. The molecule has 1 aromatic carbocycles. The lowest BCUT2D eigenvalue weighted by molar-refractivity contribution is 0.415. The molecule has 0 bridgehead atoms. The average Bonchev–Trinajstić information content (AvgIpc) is 2.28. The molecule has 0 saturated carbocycles. The van der Waals surface area contributed by atoms with Crippen LogP contribution in [-0.4, -0.2) is 17.1 Å². The van der Waals surface area contributed by atoms with E-state index < -0.39 is 0 Å². The number of benzene rings is 1. The van der Waals surface area contributed by atoms with Crippen molar-refractivity contribution in [2.75, 3.05) is 7.11 Å². The van der Waals surface area contributed by atoms with E-state index in [-0.39, 0.29) is 5.28 Å². The molecule has 82 valence electrons. The molecule has 5 heteroatoms.